The lowest BCUT2D eigenvalue weighted by Gasteiger charge is -2.22. The quantitative estimate of drug-likeness (QED) is 0.845. The second kappa shape index (κ2) is 5.51. The Bertz CT molecular complexity index is 886. The summed E-state index contributed by atoms with van der Waals surface area (Å²) in [7, 11) is 1.66. The normalized spacial score (nSPS) is 18.8. The second-order valence-corrected chi connectivity index (χ2v) is 7.04. The number of aromatic nitrogens is 2. The molecular weight excluding hydrogens is 310 g/mol. The number of nitrogens with zero attached hydrogens (tertiary/aromatic N) is 2. The monoisotopic (exact) mass is 331 g/mol. The first-order valence-corrected chi connectivity index (χ1v) is 7.91. The zero-order valence-electron chi connectivity index (χ0n) is 14.3. The topological polar surface area (TPSA) is 82.3 Å². The molecule has 2 heterocycles. The number of fused-ring (bicyclic) bond motifs is 1. The summed E-state index contributed by atoms with van der Waals surface area (Å²) in [6.45, 7) is 5.85. The largest absolute Gasteiger partial charge is 0.488 e. The predicted octanol–water partition coefficient (Wildman–Crippen LogP) is 1.49. The van der Waals surface area contributed by atoms with Gasteiger partial charge in [-0.1, -0.05) is 0 Å². The van der Waals surface area contributed by atoms with Crippen LogP contribution in [0.5, 0.6) is 5.75 Å². The molecule has 0 aliphatic carbocycles. The molecule has 2 amide bonds. The van der Waals surface area contributed by atoms with Crippen LogP contribution in [0.25, 0.3) is 11.0 Å². The molecule has 1 fully saturated rings. The lowest BCUT2D eigenvalue weighted by molar-refractivity contribution is -0.135. The van der Waals surface area contributed by atoms with Gasteiger partial charge in [0.25, 0.3) is 0 Å². The van der Waals surface area contributed by atoms with E-state index >= 15 is 0 Å². The summed E-state index contributed by atoms with van der Waals surface area (Å²) >= 11 is 0. The molecule has 1 aromatic heterocycles. The van der Waals surface area contributed by atoms with Crippen LogP contribution < -0.4 is 15.7 Å². The Kier molecular flexibility index (Phi) is 3.74. The maximum absolute atomic E-state index is 12.6. The molecule has 1 aromatic carbocycles. The standard InChI is InChI=1S/C17H21N3O4/c1-17(2,3)24-10-5-6-11-13(9-10)19(4)16(23)20(11)12-7-8-14(21)18-15(12)22/h5-6,9,12H,7-8H2,1-4H3,(H,18,21,22). The number of rotatable bonds is 2. The third kappa shape index (κ3) is 2.81. The fourth-order valence-electron chi connectivity index (χ4n) is 2.99. The molecule has 128 valence electrons. The van der Waals surface area contributed by atoms with Crippen LogP contribution in [0.15, 0.2) is 23.0 Å². The molecule has 0 bridgehead atoms. The van der Waals surface area contributed by atoms with E-state index in [2.05, 4.69) is 5.32 Å². The molecule has 3 rings (SSSR count). The third-order valence-corrected chi connectivity index (χ3v) is 4.01. The molecule has 1 saturated heterocycles. The molecule has 7 heteroatoms. The van der Waals surface area contributed by atoms with Crippen LogP contribution in [0, 0.1) is 0 Å². The van der Waals surface area contributed by atoms with E-state index in [-0.39, 0.29) is 23.6 Å². The van der Waals surface area contributed by atoms with Crippen LogP contribution >= 0.6 is 0 Å². The van der Waals surface area contributed by atoms with E-state index in [4.69, 9.17) is 4.74 Å². The van der Waals surface area contributed by atoms with Crippen molar-refractivity contribution >= 4 is 22.8 Å². The predicted molar refractivity (Wildman–Crippen MR) is 89.0 cm³/mol. The number of carbonyl (C=O) groups excluding carboxylic acids is 2. The fourth-order valence-corrected chi connectivity index (χ4v) is 2.99. The molecule has 0 radical (unpaired) electrons. The number of aryl methyl sites for hydroxylation is 1. The van der Waals surface area contributed by atoms with Gasteiger partial charge < -0.3 is 4.74 Å². The summed E-state index contributed by atoms with van der Waals surface area (Å²) in [5.74, 6) is -0.0766. The number of ether oxygens (including phenoxy) is 1. The fraction of sp³-hybridized carbons (Fsp3) is 0.471. The Morgan fingerprint density at radius 3 is 2.50 bits per heavy atom. The highest BCUT2D eigenvalue weighted by Gasteiger charge is 2.31. The van der Waals surface area contributed by atoms with Crippen LogP contribution in [-0.2, 0) is 16.6 Å². The van der Waals surface area contributed by atoms with E-state index in [1.54, 1.807) is 25.2 Å². The molecule has 1 unspecified atom stereocenters. The SMILES string of the molecule is Cn1c(=O)n(C2CCC(=O)NC2=O)c2ccc(OC(C)(C)C)cc21. The number of piperidine rings is 1. The first kappa shape index (κ1) is 16.3. The molecule has 0 saturated carbocycles. The zero-order chi connectivity index (χ0) is 17.6. The third-order valence-electron chi connectivity index (χ3n) is 4.01. The molecule has 24 heavy (non-hydrogen) atoms. The number of carbonyl (C=O) groups is 2. The van der Waals surface area contributed by atoms with Gasteiger partial charge in [-0.25, -0.2) is 4.79 Å². The Labute approximate surface area is 139 Å². The number of nitrogens with one attached hydrogen (secondary N) is 1. The van der Waals surface area contributed by atoms with Gasteiger partial charge in [0, 0.05) is 19.5 Å². The Morgan fingerprint density at radius 2 is 1.88 bits per heavy atom. The maximum Gasteiger partial charge on any atom is 0.329 e. The van der Waals surface area contributed by atoms with Crippen molar-refractivity contribution in [1.29, 1.82) is 0 Å². The second-order valence-electron chi connectivity index (χ2n) is 7.04. The summed E-state index contributed by atoms with van der Waals surface area (Å²) in [6, 6.07) is 4.69. The number of hydrogen-bond donors (Lipinski definition) is 1. The van der Waals surface area contributed by atoms with Crippen molar-refractivity contribution in [2.45, 2.75) is 45.3 Å². The molecule has 0 spiro atoms. The summed E-state index contributed by atoms with van der Waals surface area (Å²) < 4.78 is 8.80. The number of amides is 2. The number of imidazole rings is 1. The van der Waals surface area contributed by atoms with Crippen molar-refractivity contribution < 1.29 is 14.3 Å². The molecule has 1 aliphatic heterocycles. The lowest BCUT2D eigenvalue weighted by Crippen LogP contribution is -2.44. The van der Waals surface area contributed by atoms with Gasteiger partial charge in [-0.15, -0.1) is 0 Å². The van der Waals surface area contributed by atoms with E-state index in [0.717, 1.165) is 0 Å². The smallest absolute Gasteiger partial charge is 0.329 e. The van der Waals surface area contributed by atoms with E-state index in [9.17, 15) is 14.4 Å². The van der Waals surface area contributed by atoms with E-state index in [1.807, 2.05) is 20.8 Å². The molecular formula is C17H21N3O4. The summed E-state index contributed by atoms with van der Waals surface area (Å²) in [6.07, 6.45) is 0.550. The van der Waals surface area contributed by atoms with Gasteiger partial charge in [0.1, 0.15) is 17.4 Å². The van der Waals surface area contributed by atoms with Gasteiger partial charge in [0.05, 0.1) is 11.0 Å². The van der Waals surface area contributed by atoms with Crippen molar-refractivity contribution in [1.82, 2.24) is 14.5 Å². The van der Waals surface area contributed by atoms with Gasteiger partial charge in [-0.05, 0) is 39.3 Å². The van der Waals surface area contributed by atoms with Crippen LogP contribution in [0.3, 0.4) is 0 Å². The van der Waals surface area contributed by atoms with Crippen molar-refractivity contribution in [2.24, 2.45) is 7.05 Å². The minimum Gasteiger partial charge on any atom is -0.488 e. The van der Waals surface area contributed by atoms with Crippen molar-refractivity contribution in [2.75, 3.05) is 0 Å². The first-order valence-electron chi connectivity index (χ1n) is 7.91. The molecule has 1 atom stereocenters. The van der Waals surface area contributed by atoms with Crippen molar-refractivity contribution in [3.63, 3.8) is 0 Å². The minimum absolute atomic E-state index is 0.227. The number of hydrogen-bond acceptors (Lipinski definition) is 4. The average molecular weight is 331 g/mol. The highest BCUT2D eigenvalue weighted by molar-refractivity contribution is 6.00. The highest BCUT2D eigenvalue weighted by Crippen LogP contribution is 2.27. The van der Waals surface area contributed by atoms with Crippen LogP contribution in [0.2, 0.25) is 0 Å². The molecule has 1 aliphatic rings. The van der Waals surface area contributed by atoms with E-state index in [1.165, 1.54) is 9.13 Å². The lowest BCUT2D eigenvalue weighted by atomic mass is 10.1. The summed E-state index contributed by atoms with van der Waals surface area (Å²) in [5.41, 5.74) is 0.704. The molecule has 1 N–H and O–H groups in total. The number of benzene rings is 1. The average Bonchev–Trinajstić information content (AvgIpc) is 2.70. The van der Waals surface area contributed by atoms with Gasteiger partial charge in [-0.3, -0.25) is 24.0 Å². The maximum atomic E-state index is 12.6. The van der Waals surface area contributed by atoms with E-state index in [0.29, 0.717) is 23.2 Å². The molecule has 2 aromatic rings. The minimum atomic E-state index is -0.673. The number of imide groups is 1. The summed E-state index contributed by atoms with van der Waals surface area (Å²) in [4.78, 5) is 36.1. The van der Waals surface area contributed by atoms with Crippen LogP contribution in [0.4, 0.5) is 0 Å². The first-order chi connectivity index (χ1) is 11.2. The highest BCUT2D eigenvalue weighted by atomic mass is 16.5. The van der Waals surface area contributed by atoms with E-state index < -0.39 is 11.9 Å². The zero-order valence-corrected chi connectivity index (χ0v) is 14.3. The van der Waals surface area contributed by atoms with Gasteiger partial charge in [-0.2, -0.15) is 0 Å². The Hall–Kier alpha value is -2.57. The van der Waals surface area contributed by atoms with Crippen molar-refractivity contribution in [3.8, 4) is 5.75 Å². The van der Waals surface area contributed by atoms with Crippen LogP contribution in [-0.4, -0.2) is 26.5 Å². The van der Waals surface area contributed by atoms with Gasteiger partial charge in [0.15, 0.2) is 0 Å². The Balaban J connectivity index is 2.10. The van der Waals surface area contributed by atoms with Gasteiger partial charge in [0.2, 0.25) is 11.8 Å². The Morgan fingerprint density at radius 1 is 1.17 bits per heavy atom. The summed E-state index contributed by atoms with van der Waals surface area (Å²) in [5, 5.41) is 2.30. The van der Waals surface area contributed by atoms with Crippen LogP contribution in [0.1, 0.15) is 39.7 Å². The van der Waals surface area contributed by atoms with Crippen molar-refractivity contribution in [3.05, 3.63) is 28.7 Å². The van der Waals surface area contributed by atoms with Gasteiger partial charge >= 0.3 is 5.69 Å². The molecule has 7 nitrogen and oxygen atoms in total.